The Morgan fingerprint density at radius 1 is 0.754 bits per heavy atom. The summed E-state index contributed by atoms with van der Waals surface area (Å²) in [4.78, 5) is 53.4. The molecule has 0 unspecified atom stereocenters. The molecule has 57 heavy (non-hydrogen) atoms. The van der Waals surface area contributed by atoms with Gasteiger partial charge in [-0.25, -0.2) is 0 Å². The average Bonchev–Trinajstić information content (AvgIpc) is 3.20. The van der Waals surface area contributed by atoms with E-state index in [1.165, 1.54) is 28.8 Å². The van der Waals surface area contributed by atoms with Crippen molar-refractivity contribution in [1.82, 2.24) is 20.0 Å². The first kappa shape index (κ1) is 43.4. The number of carbonyl (C=O) groups excluding carboxylic acids is 3. The molecule has 0 spiro atoms. The molecule has 0 aromatic heterocycles. The number of rotatable bonds is 11. The summed E-state index contributed by atoms with van der Waals surface area (Å²) >= 11 is 0. The molecule has 2 fully saturated rings. The van der Waals surface area contributed by atoms with E-state index in [0.29, 0.717) is 19.4 Å². The van der Waals surface area contributed by atoms with E-state index in [4.69, 9.17) is 5.11 Å². The van der Waals surface area contributed by atoms with Crippen molar-refractivity contribution in [2.75, 3.05) is 33.7 Å². The van der Waals surface area contributed by atoms with Crippen molar-refractivity contribution < 1.29 is 42.6 Å². The molecule has 2 aliphatic heterocycles. The summed E-state index contributed by atoms with van der Waals surface area (Å²) in [5.74, 6) is -1.11. The first-order valence-corrected chi connectivity index (χ1v) is 19.9. The third kappa shape index (κ3) is 11.4. The van der Waals surface area contributed by atoms with Gasteiger partial charge in [0, 0.05) is 63.4 Å². The minimum Gasteiger partial charge on any atom is -0.481 e. The first-order valence-electron chi connectivity index (χ1n) is 19.9. The smallest absolute Gasteiger partial charge is 0.416 e. The van der Waals surface area contributed by atoms with E-state index in [1.807, 2.05) is 29.2 Å². The molecule has 308 valence electrons. The number of halogens is 3. The number of piperidine rings is 1. The van der Waals surface area contributed by atoms with Crippen molar-refractivity contribution in [2.24, 2.45) is 0 Å². The molecule has 1 aliphatic carbocycles. The fraction of sp³-hybridized carbons (Fsp3) is 0.500. The average molecular weight is 793 g/mol. The SMILES string of the molecule is CN(C)C1(c2ccccc2)CCC(NC(=O)CCC(=O)N2CCC(O)(c3cccc(C(F)(F)F)c3)CC2)CC1.O=C(O)CCCC(=O)N1CCc2ccccc2C1. The Hall–Kier alpha value is -4.75. The van der Waals surface area contributed by atoms with Gasteiger partial charge >= 0.3 is 12.1 Å². The van der Waals surface area contributed by atoms with Crippen LogP contribution in [0.15, 0.2) is 78.9 Å². The number of nitrogens with zero attached hydrogens (tertiary/aromatic N) is 3. The number of nitrogens with one attached hydrogen (secondary N) is 1. The largest absolute Gasteiger partial charge is 0.481 e. The maximum Gasteiger partial charge on any atom is 0.416 e. The molecule has 3 amide bonds. The molecule has 13 heteroatoms. The van der Waals surface area contributed by atoms with Gasteiger partial charge in [-0.15, -0.1) is 0 Å². The van der Waals surface area contributed by atoms with Crippen LogP contribution in [-0.2, 0) is 49.5 Å². The summed E-state index contributed by atoms with van der Waals surface area (Å²) in [7, 11) is 4.19. The van der Waals surface area contributed by atoms with Gasteiger partial charge in [0.25, 0.3) is 0 Å². The van der Waals surface area contributed by atoms with Crippen molar-refractivity contribution >= 4 is 23.7 Å². The van der Waals surface area contributed by atoms with E-state index in [1.54, 1.807) is 4.90 Å². The first-order chi connectivity index (χ1) is 27.1. The van der Waals surface area contributed by atoms with Gasteiger partial charge in [-0.1, -0.05) is 66.7 Å². The standard InChI is InChI=1S/C30H38F3N3O3.C14H17NO3/c1-35(2)28(22-7-4-3-5-8-22)15-13-25(14-16-28)34-26(37)11-12-27(38)36-19-17-29(39,18-20-36)23-9-6-10-24(21-23)30(31,32)33;16-13(6-3-7-14(17)18)15-9-8-11-4-1-2-5-12(11)10-15/h3-10,21,25,39H,11-20H2,1-2H3,(H,34,37);1-2,4-5H,3,6-10H2,(H,17,18). The van der Waals surface area contributed by atoms with Crippen LogP contribution in [-0.4, -0.2) is 88.4 Å². The fourth-order valence-corrected chi connectivity index (χ4v) is 8.32. The molecule has 10 nitrogen and oxygen atoms in total. The topological polar surface area (TPSA) is 130 Å². The van der Waals surface area contributed by atoms with Crippen molar-refractivity contribution in [3.8, 4) is 0 Å². The fourth-order valence-electron chi connectivity index (χ4n) is 8.32. The zero-order chi connectivity index (χ0) is 41.2. The molecule has 1 saturated carbocycles. The molecule has 6 rings (SSSR count). The van der Waals surface area contributed by atoms with Crippen LogP contribution >= 0.6 is 0 Å². The Labute approximate surface area is 333 Å². The lowest BCUT2D eigenvalue weighted by atomic mass is 9.74. The van der Waals surface area contributed by atoms with Crippen molar-refractivity contribution in [2.45, 2.75) is 107 Å². The zero-order valence-corrected chi connectivity index (χ0v) is 32.9. The Morgan fingerprint density at radius 3 is 2.00 bits per heavy atom. The zero-order valence-electron chi connectivity index (χ0n) is 32.9. The lowest BCUT2D eigenvalue weighted by Gasteiger charge is -2.45. The van der Waals surface area contributed by atoms with Crippen LogP contribution < -0.4 is 5.32 Å². The number of aliphatic carboxylic acids is 1. The third-order valence-corrected chi connectivity index (χ3v) is 11.8. The van der Waals surface area contributed by atoms with Crippen molar-refractivity contribution in [3.05, 3.63) is 107 Å². The molecule has 0 bridgehead atoms. The third-order valence-electron chi connectivity index (χ3n) is 11.8. The number of hydrogen-bond acceptors (Lipinski definition) is 6. The second-order valence-corrected chi connectivity index (χ2v) is 15.7. The number of benzene rings is 3. The van der Waals surface area contributed by atoms with Gasteiger partial charge in [0.05, 0.1) is 11.2 Å². The maximum absolute atomic E-state index is 13.1. The summed E-state index contributed by atoms with van der Waals surface area (Å²) in [5.41, 5.74) is 1.74. The molecular weight excluding hydrogens is 737 g/mol. The number of amides is 3. The van der Waals surface area contributed by atoms with E-state index in [0.717, 1.165) is 50.8 Å². The normalized spacial score (nSPS) is 20.5. The maximum atomic E-state index is 13.1. The Kier molecular flexibility index (Phi) is 14.6. The Morgan fingerprint density at radius 2 is 1.37 bits per heavy atom. The van der Waals surface area contributed by atoms with E-state index in [2.05, 4.69) is 54.6 Å². The number of likely N-dealkylation sites (tertiary alicyclic amines) is 1. The van der Waals surface area contributed by atoms with Gasteiger partial charge in [0.15, 0.2) is 0 Å². The van der Waals surface area contributed by atoms with Crippen LogP contribution in [0.25, 0.3) is 0 Å². The highest BCUT2D eigenvalue weighted by Crippen LogP contribution is 2.41. The van der Waals surface area contributed by atoms with Crippen molar-refractivity contribution in [3.63, 3.8) is 0 Å². The summed E-state index contributed by atoms with van der Waals surface area (Å²) in [5, 5.41) is 22.6. The second kappa shape index (κ2) is 19.1. The molecule has 0 radical (unpaired) electrons. The summed E-state index contributed by atoms with van der Waals surface area (Å²) in [6, 6.07) is 23.4. The number of alkyl halides is 3. The number of carboxylic acids is 1. The van der Waals surface area contributed by atoms with Crippen LogP contribution in [0.4, 0.5) is 13.2 Å². The van der Waals surface area contributed by atoms with Gasteiger partial charge in [-0.3, -0.25) is 24.1 Å². The van der Waals surface area contributed by atoms with Crippen LogP contribution in [0.1, 0.15) is 98.4 Å². The van der Waals surface area contributed by atoms with Crippen LogP contribution in [0.3, 0.4) is 0 Å². The van der Waals surface area contributed by atoms with Crippen molar-refractivity contribution in [1.29, 1.82) is 0 Å². The predicted octanol–water partition coefficient (Wildman–Crippen LogP) is 6.64. The molecule has 0 atom stereocenters. The highest BCUT2D eigenvalue weighted by atomic mass is 19.4. The lowest BCUT2D eigenvalue weighted by Crippen LogP contribution is -2.49. The molecule has 2 heterocycles. The van der Waals surface area contributed by atoms with E-state index < -0.39 is 23.3 Å². The quantitative estimate of drug-likeness (QED) is 0.199. The van der Waals surface area contributed by atoms with Gasteiger partial charge in [-0.05, 0) is 99.8 Å². The number of hydrogen-bond donors (Lipinski definition) is 3. The molecule has 3 aromatic carbocycles. The Bertz CT molecular complexity index is 1840. The van der Waals surface area contributed by atoms with Gasteiger partial charge in [0.1, 0.15) is 0 Å². The number of aliphatic hydroxyl groups is 1. The summed E-state index contributed by atoms with van der Waals surface area (Å²) in [6.07, 6.45) is 1.21. The molecule has 3 N–H and O–H groups in total. The highest BCUT2D eigenvalue weighted by molar-refractivity contribution is 5.84. The van der Waals surface area contributed by atoms with Crippen LogP contribution in [0, 0.1) is 0 Å². The van der Waals surface area contributed by atoms with E-state index in [9.17, 15) is 37.5 Å². The molecular formula is C44H55F3N4O6. The minimum atomic E-state index is -4.49. The summed E-state index contributed by atoms with van der Waals surface area (Å²) < 4.78 is 39.3. The minimum absolute atomic E-state index is 0.0529. The number of carboxylic acid groups (broad SMARTS) is 1. The molecule has 3 aromatic rings. The van der Waals surface area contributed by atoms with Gasteiger partial charge in [-0.2, -0.15) is 13.2 Å². The van der Waals surface area contributed by atoms with E-state index in [-0.39, 0.29) is 80.1 Å². The van der Waals surface area contributed by atoms with Crippen LogP contribution in [0.2, 0.25) is 0 Å². The van der Waals surface area contributed by atoms with Crippen LogP contribution in [0.5, 0.6) is 0 Å². The second-order valence-electron chi connectivity index (χ2n) is 15.7. The number of fused-ring (bicyclic) bond motifs is 1. The van der Waals surface area contributed by atoms with Gasteiger partial charge < -0.3 is 25.3 Å². The monoisotopic (exact) mass is 792 g/mol. The Balaban J connectivity index is 0.000000287. The predicted molar refractivity (Wildman–Crippen MR) is 210 cm³/mol. The lowest BCUT2D eigenvalue weighted by molar-refractivity contribution is -0.139. The number of carbonyl (C=O) groups is 4. The highest BCUT2D eigenvalue weighted by Gasteiger charge is 2.40. The summed E-state index contributed by atoms with van der Waals surface area (Å²) in [6.45, 7) is 1.84. The molecule has 1 saturated heterocycles. The van der Waals surface area contributed by atoms with Gasteiger partial charge in [0.2, 0.25) is 17.7 Å². The van der Waals surface area contributed by atoms with E-state index >= 15 is 0 Å². The molecule has 3 aliphatic rings.